The molecule has 5 nitrogen and oxygen atoms in total. The molecule has 5 heteroatoms. The van der Waals surface area contributed by atoms with Gasteiger partial charge in [-0.3, -0.25) is 0 Å². The lowest BCUT2D eigenvalue weighted by Gasteiger charge is -2.13. The van der Waals surface area contributed by atoms with Crippen LogP contribution in [0.4, 0.5) is 0 Å². The zero-order valence-corrected chi connectivity index (χ0v) is 17.5. The molecule has 0 aromatic rings. The van der Waals surface area contributed by atoms with Crippen LogP contribution in [0.25, 0.3) is 0 Å². The highest BCUT2D eigenvalue weighted by Gasteiger charge is 2.36. The lowest BCUT2D eigenvalue weighted by Crippen LogP contribution is -2.28. The van der Waals surface area contributed by atoms with Crippen LogP contribution in [0, 0.1) is 0 Å². The summed E-state index contributed by atoms with van der Waals surface area (Å²) in [5.41, 5.74) is 0. The molecule has 1 rings (SSSR count). The third-order valence-electron chi connectivity index (χ3n) is 5.03. The van der Waals surface area contributed by atoms with Crippen molar-refractivity contribution in [2.24, 2.45) is 0 Å². The predicted octanol–water partition coefficient (Wildman–Crippen LogP) is 5.34. The summed E-state index contributed by atoms with van der Waals surface area (Å²) in [6, 6.07) is 0. The molecule has 1 aliphatic rings. The van der Waals surface area contributed by atoms with Crippen molar-refractivity contribution in [1.82, 2.24) is 0 Å². The van der Waals surface area contributed by atoms with Crippen molar-refractivity contribution in [1.29, 1.82) is 0 Å². The van der Waals surface area contributed by atoms with Crippen molar-refractivity contribution >= 4 is 11.9 Å². The van der Waals surface area contributed by atoms with Gasteiger partial charge in [-0.25, -0.2) is 9.59 Å². The zero-order valence-electron chi connectivity index (χ0n) is 17.5. The largest absolute Gasteiger partial charge is 0.464 e. The second-order valence-electron chi connectivity index (χ2n) is 7.56. The maximum atomic E-state index is 12.0. The van der Waals surface area contributed by atoms with Gasteiger partial charge in [-0.1, -0.05) is 78.1 Å². The molecular weight excluding hydrogens is 344 g/mol. The molecule has 0 N–H and O–H groups in total. The second-order valence-corrected chi connectivity index (χ2v) is 7.56. The summed E-state index contributed by atoms with van der Waals surface area (Å²) in [4.78, 5) is 24.1. The Morgan fingerprint density at radius 2 is 1.04 bits per heavy atom. The molecular formula is C22H40O5. The van der Waals surface area contributed by atoms with Gasteiger partial charge < -0.3 is 14.2 Å². The van der Waals surface area contributed by atoms with E-state index in [4.69, 9.17) is 14.2 Å². The average Bonchev–Trinajstić information content (AvgIpc) is 3.16. The lowest BCUT2D eigenvalue weighted by molar-refractivity contribution is -0.165. The second kappa shape index (κ2) is 15.9. The lowest BCUT2D eigenvalue weighted by atomic mass is 10.1. The fourth-order valence-corrected chi connectivity index (χ4v) is 3.28. The van der Waals surface area contributed by atoms with E-state index in [0.29, 0.717) is 26.1 Å². The Kier molecular flexibility index (Phi) is 14.1. The van der Waals surface area contributed by atoms with Crippen LogP contribution >= 0.6 is 0 Å². The molecule has 0 spiro atoms. The molecule has 1 heterocycles. The van der Waals surface area contributed by atoms with E-state index in [9.17, 15) is 9.59 Å². The van der Waals surface area contributed by atoms with E-state index in [1.54, 1.807) is 0 Å². The topological polar surface area (TPSA) is 61.8 Å². The normalized spacial score (nSPS) is 19.2. The van der Waals surface area contributed by atoms with Gasteiger partial charge in [0.25, 0.3) is 0 Å². The Bertz CT molecular complexity index is 360. The maximum absolute atomic E-state index is 12.0. The molecule has 158 valence electrons. The summed E-state index contributed by atoms with van der Waals surface area (Å²) < 4.78 is 16.1. The van der Waals surface area contributed by atoms with Crippen molar-refractivity contribution in [2.75, 3.05) is 13.2 Å². The fraction of sp³-hybridized carbons (Fsp3) is 0.909. The van der Waals surface area contributed by atoms with Crippen molar-refractivity contribution < 1.29 is 23.8 Å². The van der Waals surface area contributed by atoms with Crippen LogP contribution in [-0.2, 0) is 23.8 Å². The van der Waals surface area contributed by atoms with E-state index in [0.717, 1.165) is 25.7 Å². The molecule has 0 aromatic heterocycles. The minimum absolute atomic E-state index is 0.338. The van der Waals surface area contributed by atoms with E-state index in [2.05, 4.69) is 13.8 Å². The highest BCUT2D eigenvalue weighted by atomic mass is 16.6. The predicted molar refractivity (Wildman–Crippen MR) is 107 cm³/mol. The smallest absolute Gasteiger partial charge is 0.335 e. The molecule has 27 heavy (non-hydrogen) atoms. The van der Waals surface area contributed by atoms with Gasteiger partial charge in [0.2, 0.25) is 0 Å². The molecule has 0 aromatic carbocycles. The monoisotopic (exact) mass is 384 g/mol. The summed E-state index contributed by atoms with van der Waals surface area (Å²) in [5, 5.41) is 0. The number of ether oxygens (including phenoxy) is 3. The van der Waals surface area contributed by atoms with Crippen molar-refractivity contribution in [3.05, 3.63) is 0 Å². The van der Waals surface area contributed by atoms with E-state index in [1.165, 1.54) is 51.4 Å². The van der Waals surface area contributed by atoms with Crippen LogP contribution in [0.3, 0.4) is 0 Å². The molecule has 1 saturated heterocycles. The number of esters is 2. The summed E-state index contributed by atoms with van der Waals surface area (Å²) in [5.74, 6) is -0.676. The number of carbonyl (C=O) groups is 2. The van der Waals surface area contributed by atoms with Gasteiger partial charge in [0, 0.05) is 0 Å². The molecule has 2 atom stereocenters. The SMILES string of the molecule is CCCCCCCCOC(=O)C1CCC(C(=O)OCCCCCCCC)O1. The van der Waals surface area contributed by atoms with Gasteiger partial charge in [0.1, 0.15) is 0 Å². The Hall–Kier alpha value is -1.10. The van der Waals surface area contributed by atoms with E-state index < -0.39 is 12.2 Å². The Morgan fingerprint density at radius 3 is 1.44 bits per heavy atom. The van der Waals surface area contributed by atoms with Crippen LogP contribution in [-0.4, -0.2) is 37.4 Å². The van der Waals surface area contributed by atoms with Gasteiger partial charge in [0.05, 0.1) is 13.2 Å². The van der Waals surface area contributed by atoms with Crippen LogP contribution in [0.2, 0.25) is 0 Å². The molecule has 0 radical (unpaired) electrons. The molecule has 0 bridgehead atoms. The van der Waals surface area contributed by atoms with Crippen molar-refractivity contribution in [3.8, 4) is 0 Å². The van der Waals surface area contributed by atoms with Crippen LogP contribution in [0.1, 0.15) is 104 Å². The van der Waals surface area contributed by atoms with Gasteiger partial charge in [-0.15, -0.1) is 0 Å². The van der Waals surface area contributed by atoms with E-state index in [-0.39, 0.29) is 11.9 Å². The summed E-state index contributed by atoms with van der Waals surface area (Å²) >= 11 is 0. The van der Waals surface area contributed by atoms with Gasteiger partial charge in [0.15, 0.2) is 12.2 Å². The Balaban J connectivity index is 2.05. The Morgan fingerprint density at radius 1 is 0.667 bits per heavy atom. The maximum Gasteiger partial charge on any atom is 0.335 e. The quantitative estimate of drug-likeness (QED) is 0.265. The molecule has 0 amide bonds. The summed E-state index contributed by atoms with van der Waals surface area (Å²) in [7, 11) is 0. The van der Waals surface area contributed by atoms with Crippen LogP contribution < -0.4 is 0 Å². The highest BCUT2D eigenvalue weighted by Crippen LogP contribution is 2.22. The third-order valence-corrected chi connectivity index (χ3v) is 5.03. The molecule has 1 fully saturated rings. The molecule has 0 aliphatic carbocycles. The standard InChI is InChI=1S/C22H40O5/c1-3-5-7-9-11-13-17-25-21(23)19-15-16-20(27-19)22(24)26-18-14-12-10-8-6-4-2/h19-20H,3-18H2,1-2H3. The zero-order chi connectivity index (χ0) is 19.7. The first kappa shape index (κ1) is 23.9. The first-order chi connectivity index (χ1) is 13.2. The van der Waals surface area contributed by atoms with Gasteiger partial charge in [-0.2, -0.15) is 0 Å². The number of hydrogen-bond donors (Lipinski definition) is 0. The number of hydrogen-bond acceptors (Lipinski definition) is 5. The summed E-state index contributed by atoms with van der Waals surface area (Å²) in [6.07, 6.45) is 13.7. The fourth-order valence-electron chi connectivity index (χ4n) is 3.28. The van der Waals surface area contributed by atoms with E-state index in [1.807, 2.05) is 0 Å². The Labute approximate surface area is 165 Å². The van der Waals surface area contributed by atoms with Gasteiger partial charge >= 0.3 is 11.9 Å². The highest BCUT2D eigenvalue weighted by molar-refractivity contribution is 5.79. The number of unbranched alkanes of at least 4 members (excludes halogenated alkanes) is 10. The number of rotatable bonds is 16. The van der Waals surface area contributed by atoms with E-state index >= 15 is 0 Å². The van der Waals surface area contributed by atoms with Gasteiger partial charge in [-0.05, 0) is 25.7 Å². The number of carbonyl (C=O) groups excluding carboxylic acids is 2. The first-order valence-corrected chi connectivity index (χ1v) is 11.2. The minimum atomic E-state index is -0.614. The third kappa shape index (κ3) is 11.4. The molecule has 1 aliphatic heterocycles. The average molecular weight is 385 g/mol. The van der Waals surface area contributed by atoms with Crippen molar-refractivity contribution in [3.63, 3.8) is 0 Å². The molecule has 0 saturated carbocycles. The van der Waals surface area contributed by atoms with Crippen LogP contribution in [0.15, 0.2) is 0 Å². The van der Waals surface area contributed by atoms with Crippen molar-refractivity contribution in [2.45, 2.75) is 116 Å². The summed E-state index contributed by atoms with van der Waals surface area (Å²) in [6.45, 7) is 5.28. The molecule has 2 unspecified atom stereocenters. The minimum Gasteiger partial charge on any atom is -0.464 e. The van der Waals surface area contributed by atoms with Crippen LogP contribution in [0.5, 0.6) is 0 Å². The first-order valence-electron chi connectivity index (χ1n) is 11.2.